The van der Waals surface area contributed by atoms with Crippen LogP contribution in [0.4, 0.5) is 28.6 Å². The lowest BCUT2D eigenvalue weighted by Gasteiger charge is -2.27. The van der Waals surface area contributed by atoms with E-state index >= 15 is 0 Å². The van der Waals surface area contributed by atoms with Gasteiger partial charge in [0.15, 0.2) is 5.82 Å². The molecule has 2 aliphatic carbocycles. The third kappa shape index (κ3) is 9.43. The zero-order chi connectivity index (χ0) is 56.2. The molecule has 10 aromatic carbocycles. The van der Waals surface area contributed by atoms with Crippen molar-refractivity contribution in [2.75, 3.05) is 10.2 Å². The number of nitrogens with one attached hydrogen (secondary N) is 1. The summed E-state index contributed by atoms with van der Waals surface area (Å²) >= 11 is 3.37. The second-order valence-corrected chi connectivity index (χ2v) is 23.4. The Hall–Kier alpha value is -9.82. The van der Waals surface area contributed by atoms with Crippen molar-refractivity contribution in [3.63, 3.8) is 0 Å². The molecule has 6 nitrogen and oxygen atoms in total. The van der Waals surface area contributed by atoms with Gasteiger partial charge in [-0.2, -0.15) is 5.10 Å². The van der Waals surface area contributed by atoms with Crippen molar-refractivity contribution >= 4 is 77.1 Å². The van der Waals surface area contributed by atoms with E-state index in [1.54, 1.807) is 0 Å². The normalized spacial score (nSPS) is 13.1. The standard InChI is InChI=1S/C38H29N3.C27H23N.C11H7BrN2.H2/c1-38(2)33-19-9-8-18-32(33)37-34(38)20-11-21-35(37)41(30-17-10-16-27(22-30)26-12-4-3-5-13-26)36-24-31-23-28-14-6-7-15-29(28)25-40(31)39-36;1-27(2)23-15-7-6-14-22(23)26-24(27)16-9-17-25(26)28-21-13-8-12-20(18-21)19-10-4-3-5-11-19;12-11-6-10-5-8-3-1-2-4-9(8)7-14(10)13-11;/h3-25H,1-2H3;3-18,28H,1-2H3;1-7H;1H. The van der Waals surface area contributed by atoms with Gasteiger partial charge in [0.25, 0.3) is 0 Å². The fraction of sp³-hybridized carbons (Fsp3) is 0.0789. The number of hydrogen-bond acceptors (Lipinski definition) is 4. The van der Waals surface area contributed by atoms with Crippen molar-refractivity contribution in [3.05, 3.63) is 306 Å². The molecular weight excluding hydrogens is 1080 g/mol. The molecule has 0 aliphatic heterocycles. The summed E-state index contributed by atoms with van der Waals surface area (Å²) in [6.07, 6.45) is 4.16. The summed E-state index contributed by atoms with van der Waals surface area (Å²) in [5, 5.41) is 18.0. The Bertz CT molecular complexity index is 4650. The molecule has 0 spiro atoms. The molecule has 16 rings (SSSR count). The van der Waals surface area contributed by atoms with Crippen LogP contribution < -0.4 is 10.2 Å². The Morgan fingerprint density at radius 3 is 1.51 bits per heavy atom. The lowest BCUT2D eigenvalue weighted by Crippen LogP contribution is -2.16. The van der Waals surface area contributed by atoms with Crippen LogP contribution in [0.15, 0.2) is 284 Å². The largest absolute Gasteiger partial charge is 0.355 e. The van der Waals surface area contributed by atoms with Gasteiger partial charge in [-0.05, 0) is 137 Å². The maximum atomic E-state index is 5.18. The van der Waals surface area contributed by atoms with Gasteiger partial charge in [-0.15, -0.1) is 5.10 Å². The molecular formula is C76H61BrN6. The first-order chi connectivity index (χ1) is 40.5. The van der Waals surface area contributed by atoms with Crippen LogP contribution in [-0.2, 0) is 10.8 Å². The number of aromatic nitrogens is 4. The number of fused-ring (bicyclic) bond motifs is 10. The van der Waals surface area contributed by atoms with Gasteiger partial charge in [-0.3, -0.25) is 4.90 Å². The first-order valence-corrected chi connectivity index (χ1v) is 29.1. The van der Waals surface area contributed by atoms with Gasteiger partial charge in [0, 0.05) is 69.7 Å². The Labute approximate surface area is 494 Å². The Morgan fingerprint density at radius 2 is 0.867 bits per heavy atom. The zero-order valence-electron chi connectivity index (χ0n) is 46.7. The molecule has 0 unspecified atom stereocenters. The van der Waals surface area contributed by atoms with E-state index < -0.39 is 0 Å². The quantitative estimate of drug-likeness (QED) is 0.173. The highest BCUT2D eigenvalue weighted by Crippen LogP contribution is 2.55. The van der Waals surface area contributed by atoms with E-state index in [1.807, 2.05) is 33.4 Å². The minimum atomic E-state index is -0.0872. The van der Waals surface area contributed by atoms with Gasteiger partial charge in [0.1, 0.15) is 4.60 Å². The molecule has 0 bridgehead atoms. The highest BCUT2D eigenvalue weighted by molar-refractivity contribution is 9.10. The van der Waals surface area contributed by atoms with Crippen LogP contribution in [0.1, 0.15) is 51.4 Å². The summed E-state index contributed by atoms with van der Waals surface area (Å²) in [5.41, 5.74) is 22.2. The number of benzene rings is 10. The van der Waals surface area contributed by atoms with Gasteiger partial charge >= 0.3 is 0 Å². The SMILES string of the molecule is Brc1cc2cc3ccccc3cn2n1.CC1(C)c2ccccc2-c2c(N(c3cccc(-c4ccccc4)c3)c3cc4cc5ccccc5cn4n3)cccc21.CC1(C)c2ccccc2-c2c(Nc3cccc(-c4ccccc4)c3)cccc21.[HH]. The monoisotopic (exact) mass is 1140 g/mol. The lowest BCUT2D eigenvalue weighted by atomic mass is 9.82. The van der Waals surface area contributed by atoms with Crippen LogP contribution in [0, 0.1) is 0 Å². The van der Waals surface area contributed by atoms with Crippen molar-refractivity contribution in [2.45, 2.75) is 38.5 Å². The molecule has 0 saturated heterocycles. The average molecular weight is 1140 g/mol. The maximum Gasteiger partial charge on any atom is 0.160 e. The van der Waals surface area contributed by atoms with E-state index in [9.17, 15) is 0 Å². The smallest absolute Gasteiger partial charge is 0.160 e. The van der Waals surface area contributed by atoms with Crippen LogP contribution in [0.2, 0.25) is 0 Å². The highest BCUT2D eigenvalue weighted by Gasteiger charge is 2.39. The second-order valence-electron chi connectivity index (χ2n) is 22.6. The fourth-order valence-electron chi connectivity index (χ4n) is 12.6. The fourth-order valence-corrected chi connectivity index (χ4v) is 13.0. The first-order valence-electron chi connectivity index (χ1n) is 28.3. The maximum absolute atomic E-state index is 5.18. The van der Waals surface area contributed by atoms with Gasteiger partial charge in [-0.1, -0.05) is 234 Å². The summed E-state index contributed by atoms with van der Waals surface area (Å²) in [5.74, 6) is 0.890. The topological polar surface area (TPSA) is 49.9 Å². The van der Waals surface area contributed by atoms with Crippen LogP contribution in [0.3, 0.4) is 0 Å². The predicted octanol–water partition coefficient (Wildman–Crippen LogP) is 20.8. The number of halogens is 1. The van der Waals surface area contributed by atoms with E-state index in [-0.39, 0.29) is 12.3 Å². The Morgan fingerprint density at radius 1 is 0.398 bits per heavy atom. The molecule has 0 saturated carbocycles. The zero-order valence-corrected chi connectivity index (χ0v) is 48.3. The number of rotatable bonds is 7. The first kappa shape index (κ1) is 51.3. The second kappa shape index (κ2) is 20.9. The van der Waals surface area contributed by atoms with Crippen molar-refractivity contribution < 1.29 is 1.43 Å². The van der Waals surface area contributed by atoms with Gasteiger partial charge in [0.05, 0.1) is 16.7 Å². The number of nitrogens with zero attached hydrogens (tertiary/aromatic N) is 5. The molecule has 7 heteroatoms. The van der Waals surface area contributed by atoms with Crippen molar-refractivity contribution in [1.82, 2.24) is 19.2 Å². The van der Waals surface area contributed by atoms with Crippen LogP contribution in [0.25, 0.3) is 77.1 Å². The van der Waals surface area contributed by atoms with Crippen LogP contribution in [0.5, 0.6) is 0 Å². The van der Waals surface area contributed by atoms with E-state index in [0.29, 0.717) is 0 Å². The van der Waals surface area contributed by atoms with Crippen molar-refractivity contribution in [3.8, 4) is 44.5 Å². The summed E-state index contributed by atoms with van der Waals surface area (Å²) in [4.78, 5) is 2.33. The molecule has 0 amide bonds. The molecule has 4 heterocycles. The average Bonchev–Trinajstić information content (AvgIpc) is 3.07. The van der Waals surface area contributed by atoms with Crippen molar-refractivity contribution in [2.24, 2.45) is 0 Å². The van der Waals surface area contributed by atoms with Crippen LogP contribution in [-0.4, -0.2) is 19.2 Å². The molecule has 1 N–H and O–H groups in total. The number of anilines is 5. The van der Waals surface area contributed by atoms with Gasteiger partial charge in [0.2, 0.25) is 0 Å². The highest BCUT2D eigenvalue weighted by atomic mass is 79.9. The summed E-state index contributed by atoms with van der Waals surface area (Å²) in [6, 6.07) is 94.8. The van der Waals surface area contributed by atoms with E-state index in [0.717, 1.165) is 38.5 Å². The third-order valence-corrected chi connectivity index (χ3v) is 17.1. The summed E-state index contributed by atoms with van der Waals surface area (Å²) < 4.78 is 4.76. The minimum Gasteiger partial charge on any atom is -0.355 e. The molecule has 0 atom stereocenters. The minimum absolute atomic E-state index is 0. The predicted molar refractivity (Wildman–Crippen MR) is 352 cm³/mol. The number of pyridine rings is 2. The van der Waals surface area contributed by atoms with Crippen molar-refractivity contribution in [1.29, 1.82) is 0 Å². The molecule has 2 aliphatic rings. The molecule has 0 fully saturated rings. The van der Waals surface area contributed by atoms with Crippen LogP contribution >= 0.6 is 15.9 Å². The molecule has 14 aromatic rings. The molecule has 83 heavy (non-hydrogen) atoms. The summed E-state index contributed by atoms with van der Waals surface area (Å²) in [6.45, 7) is 9.30. The van der Waals surface area contributed by atoms with E-state index in [1.165, 1.54) is 94.0 Å². The number of hydrogen-bond donors (Lipinski definition) is 1. The lowest BCUT2D eigenvalue weighted by molar-refractivity contribution is 0.660. The molecule has 4 aromatic heterocycles. The van der Waals surface area contributed by atoms with Gasteiger partial charge in [-0.25, -0.2) is 9.03 Å². The van der Waals surface area contributed by atoms with E-state index in [2.05, 4.69) is 314 Å². The Kier molecular flexibility index (Phi) is 12.9. The Balaban J connectivity index is 0.000000131. The van der Waals surface area contributed by atoms with Gasteiger partial charge < -0.3 is 5.32 Å². The third-order valence-electron chi connectivity index (χ3n) is 16.7. The summed E-state index contributed by atoms with van der Waals surface area (Å²) in [7, 11) is 0. The molecule has 402 valence electrons. The molecule has 0 radical (unpaired) electrons. The van der Waals surface area contributed by atoms with E-state index in [4.69, 9.17) is 5.10 Å².